The Bertz CT molecular complexity index is 1530. The lowest BCUT2D eigenvalue weighted by Gasteiger charge is -2.43. The molecule has 3 atom stereocenters. The molecule has 0 saturated heterocycles. The molecule has 1 fully saturated rings. The third kappa shape index (κ3) is 6.41. The maximum Gasteiger partial charge on any atom is 0.434 e. The fourth-order valence-corrected chi connectivity index (χ4v) is 7.06. The first-order valence-electron chi connectivity index (χ1n) is 14.7. The Morgan fingerprint density at radius 3 is 2.47 bits per heavy atom. The summed E-state index contributed by atoms with van der Waals surface area (Å²) in [6.07, 6.45) is -2.35. The number of alkyl halides is 3. The van der Waals surface area contributed by atoms with Crippen LogP contribution in [0, 0.1) is 11.8 Å². The summed E-state index contributed by atoms with van der Waals surface area (Å²) < 4.78 is 46.9. The predicted octanol–water partition coefficient (Wildman–Crippen LogP) is 4.23. The van der Waals surface area contributed by atoms with E-state index in [-0.39, 0.29) is 43.6 Å². The van der Waals surface area contributed by atoms with Gasteiger partial charge >= 0.3 is 12.1 Å². The molecular formula is C31H35ClF3N5O5. The van der Waals surface area contributed by atoms with Crippen molar-refractivity contribution in [3.63, 3.8) is 0 Å². The lowest BCUT2D eigenvalue weighted by Crippen LogP contribution is -2.50. The highest BCUT2D eigenvalue weighted by Crippen LogP contribution is 2.44. The molecule has 45 heavy (non-hydrogen) atoms. The molecule has 10 nitrogen and oxygen atoms in total. The summed E-state index contributed by atoms with van der Waals surface area (Å²) in [6, 6.07) is 9.39. The Morgan fingerprint density at radius 1 is 1.13 bits per heavy atom. The quantitative estimate of drug-likeness (QED) is 0.285. The Kier molecular flexibility index (Phi) is 9.22. The Balaban J connectivity index is 1.55. The van der Waals surface area contributed by atoms with Crippen LogP contribution < -0.4 is 16.3 Å². The molecule has 0 aromatic heterocycles. The highest BCUT2D eigenvalue weighted by molar-refractivity contribution is 6.31. The first-order valence-corrected chi connectivity index (χ1v) is 15.1. The third-order valence-corrected chi connectivity index (χ3v) is 9.21. The lowest BCUT2D eigenvalue weighted by atomic mass is 9.77. The molecule has 2 aromatic carbocycles. The molecule has 2 amide bonds. The van der Waals surface area contributed by atoms with Crippen molar-refractivity contribution >= 4 is 29.4 Å². The molecule has 14 heteroatoms. The number of hydrogen-bond donors (Lipinski definition) is 3. The minimum absolute atomic E-state index is 0.0259. The van der Waals surface area contributed by atoms with Crippen LogP contribution >= 0.6 is 11.6 Å². The van der Waals surface area contributed by atoms with Gasteiger partial charge in [-0.3, -0.25) is 14.4 Å². The molecule has 0 spiro atoms. The molecule has 3 unspecified atom stereocenters. The van der Waals surface area contributed by atoms with E-state index in [4.69, 9.17) is 27.9 Å². The average molecular weight is 650 g/mol. The predicted molar refractivity (Wildman–Crippen MR) is 159 cm³/mol. The van der Waals surface area contributed by atoms with E-state index in [1.165, 1.54) is 6.07 Å². The second kappa shape index (κ2) is 12.8. The largest absolute Gasteiger partial charge is 0.487 e. The molecule has 2 aromatic rings. The number of benzene rings is 2. The van der Waals surface area contributed by atoms with E-state index in [9.17, 15) is 32.7 Å². The summed E-state index contributed by atoms with van der Waals surface area (Å²) in [6.45, 7) is -0.162. The molecule has 2 heterocycles. The van der Waals surface area contributed by atoms with Crippen LogP contribution in [0.15, 0.2) is 47.8 Å². The zero-order chi connectivity index (χ0) is 32.6. The molecule has 0 radical (unpaired) electrons. The number of nitrogens with two attached hydrogens (primary N) is 2. The van der Waals surface area contributed by atoms with Crippen LogP contribution in [0.5, 0.6) is 5.75 Å². The van der Waals surface area contributed by atoms with E-state index in [2.05, 4.69) is 0 Å². The van der Waals surface area contributed by atoms with E-state index in [1.54, 1.807) is 28.0 Å². The van der Waals surface area contributed by atoms with E-state index < -0.39 is 48.0 Å². The standard InChI is InChI=1S/C31H35ClF3N5O5/c1-38(37)27(31(33,34)35)23(36)16-45-25-11-10-22(32)21-12-13-40(29(42)19-8-4-5-9-20(19)30(43)44)24(26(21)25)15-39-14-17-6-2-3-7-18(17)28(39)41/h2-3,6-7,10-11,19-20,24H,4-5,8-9,12-16,36-37H2,1H3,(H,43,44)/b27-23-. The minimum atomic E-state index is -4.84. The van der Waals surface area contributed by atoms with Gasteiger partial charge < -0.3 is 30.4 Å². The molecule has 2 aliphatic heterocycles. The van der Waals surface area contributed by atoms with Crippen LogP contribution in [-0.2, 0) is 22.6 Å². The summed E-state index contributed by atoms with van der Waals surface area (Å²) in [5, 5.41) is 10.7. The zero-order valence-electron chi connectivity index (χ0n) is 24.6. The maximum atomic E-state index is 14.2. The van der Waals surface area contributed by atoms with Crippen molar-refractivity contribution in [1.29, 1.82) is 0 Å². The topological polar surface area (TPSA) is 142 Å². The molecule has 1 saturated carbocycles. The number of hydrogen-bond acceptors (Lipinski definition) is 7. The number of aliphatic carboxylic acids is 1. The number of carbonyl (C=O) groups excluding carboxylic acids is 2. The summed E-state index contributed by atoms with van der Waals surface area (Å²) in [7, 11) is 1.01. The van der Waals surface area contributed by atoms with Gasteiger partial charge in [-0.1, -0.05) is 42.6 Å². The van der Waals surface area contributed by atoms with Crippen LogP contribution in [-0.4, -0.2) is 70.6 Å². The number of ether oxygens (including phenoxy) is 1. The molecule has 5 rings (SSSR count). The van der Waals surface area contributed by atoms with Gasteiger partial charge in [0.1, 0.15) is 12.4 Å². The van der Waals surface area contributed by atoms with Crippen molar-refractivity contribution in [2.75, 3.05) is 26.7 Å². The fraction of sp³-hybridized carbons (Fsp3) is 0.452. The van der Waals surface area contributed by atoms with Crippen molar-refractivity contribution in [2.24, 2.45) is 23.4 Å². The van der Waals surface area contributed by atoms with Crippen molar-refractivity contribution in [1.82, 2.24) is 14.8 Å². The van der Waals surface area contributed by atoms with Crippen molar-refractivity contribution in [3.05, 3.63) is 75.1 Å². The van der Waals surface area contributed by atoms with Crippen LogP contribution in [0.1, 0.15) is 58.8 Å². The molecular weight excluding hydrogens is 615 g/mol. The van der Waals surface area contributed by atoms with Gasteiger partial charge in [0.05, 0.1) is 23.6 Å². The number of carboxylic acid groups (broad SMARTS) is 1. The number of fused-ring (bicyclic) bond motifs is 2. The number of amides is 2. The van der Waals surface area contributed by atoms with Crippen molar-refractivity contribution in [2.45, 2.75) is 50.9 Å². The van der Waals surface area contributed by atoms with E-state index >= 15 is 0 Å². The molecule has 3 aliphatic rings. The van der Waals surface area contributed by atoms with Gasteiger partial charge in [-0.2, -0.15) is 13.2 Å². The number of carboxylic acids is 1. The van der Waals surface area contributed by atoms with E-state index in [0.717, 1.165) is 12.6 Å². The van der Waals surface area contributed by atoms with Crippen LogP contribution in [0.25, 0.3) is 0 Å². The number of allylic oxidation sites excluding steroid dienone is 1. The van der Waals surface area contributed by atoms with Gasteiger partial charge in [0.2, 0.25) is 5.91 Å². The molecule has 5 N–H and O–H groups in total. The summed E-state index contributed by atoms with van der Waals surface area (Å²) in [4.78, 5) is 43.0. The van der Waals surface area contributed by atoms with Gasteiger partial charge in [0, 0.05) is 42.8 Å². The van der Waals surface area contributed by atoms with Crippen molar-refractivity contribution in [3.8, 4) is 5.75 Å². The van der Waals surface area contributed by atoms with E-state index in [0.29, 0.717) is 52.4 Å². The maximum absolute atomic E-state index is 14.2. The first kappa shape index (κ1) is 32.4. The van der Waals surface area contributed by atoms with E-state index in [1.807, 2.05) is 12.1 Å². The number of nitrogens with zero attached hydrogens (tertiary/aromatic N) is 3. The molecule has 1 aliphatic carbocycles. The second-order valence-electron chi connectivity index (χ2n) is 11.7. The Morgan fingerprint density at radius 2 is 1.82 bits per heavy atom. The second-order valence-corrected chi connectivity index (χ2v) is 12.1. The SMILES string of the molecule is CN(N)/C(=C(\N)COc1ccc(Cl)c2c1C(CN1Cc3ccccc3C1=O)N(C(=O)C1CCCCC1C(=O)O)CC2)C(F)(F)F. The van der Waals surface area contributed by atoms with Gasteiger partial charge in [-0.15, -0.1) is 0 Å². The monoisotopic (exact) mass is 649 g/mol. The number of rotatable bonds is 8. The number of halogens is 4. The highest BCUT2D eigenvalue weighted by Gasteiger charge is 2.44. The summed E-state index contributed by atoms with van der Waals surface area (Å²) >= 11 is 6.63. The van der Waals surface area contributed by atoms with Crippen LogP contribution in [0.4, 0.5) is 13.2 Å². The Labute approximate surface area is 263 Å². The molecule has 242 valence electrons. The first-order chi connectivity index (χ1) is 21.3. The highest BCUT2D eigenvalue weighted by atomic mass is 35.5. The fourth-order valence-electron chi connectivity index (χ4n) is 6.80. The lowest BCUT2D eigenvalue weighted by molar-refractivity contribution is -0.153. The van der Waals surface area contributed by atoms with Crippen LogP contribution in [0.3, 0.4) is 0 Å². The summed E-state index contributed by atoms with van der Waals surface area (Å²) in [5.41, 5.74) is 6.32. The van der Waals surface area contributed by atoms with Gasteiger partial charge in [-0.05, 0) is 48.6 Å². The Hall–Kier alpha value is -3.97. The van der Waals surface area contributed by atoms with Gasteiger partial charge in [0.25, 0.3) is 5.91 Å². The number of carbonyl (C=O) groups is 3. The minimum Gasteiger partial charge on any atom is -0.487 e. The zero-order valence-corrected chi connectivity index (χ0v) is 25.4. The third-order valence-electron chi connectivity index (χ3n) is 8.85. The summed E-state index contributed by atoms with van der Waals surface area (Å²) in [5.74, 6) is 2.34. The number of hydrazine groups is 1. The normalized spacial score (nSPS) is 22.0. The van der Waals surface area contributed by atoms with Gasteiger partial charge in [0.15, 0.2) is 5.70 Å². The average Bonchev–Trinajstić information content (AvgIpc) is 3.30. The van der Waals surface area contributed by atoms with Gasteiger partial charge in [-0.25, -0.2) is 5.84 Å². The van der Waals surface area contributed by atoms with Crippen molar-refractivity contribution < 1.29 is 37.4 Å². The molecule has 0 bridgehead atoms. The van der Waals surface area contributed by atoms with Crippen LogP contribution in [0.2, 0.25) is 5.02 Å². The smallest absolute Gasteiger partial charge is 0.434 e.